The molecule has 0 aliphatic carbocycles. The van der Waals surface area contributed by atoms with Crippen molar-refractivity contribution in [3.8, 4) is 5.75 Å². The Morgan fingerprint density at radius 2 is 1.58 bits per heavy atom. The number of hydrogen-bond acceptors (Lipinski definition) is 5. The quantitative estimate of drug-likeness (QED) is 0.464. The second-order valence-electron chi connectivity index (χ2n) is 7.99. The van der Waals surface area contributed by atoms with Gasteiger partial charge in [0.2, 0.25) is 0 Å². The molecule has 0 N–H and O–H groups in total. The van der Waals surface area contributed by atoms with E-state index in [1.807, 2.05) is 85.6 Å². The highest BCUT2D eigenvalue weighted by molar-refractivity contribution is 6.35. The van der Waals surface area contributed by atoms with E-state index in [0.29, 0.717) is 30.0 Å². The molecule has 0 atom stereocenters. The number of benzene rings is 2. The van der Waals surface area contributed by atoms with Crippen LogP contribution in [0, 0.1) is 0 Å². The fraction of sp³-hybridized carbons (Fsp3) is 0.222. The van der Waals surface area contributed by atoms with Crippen LogP contribution in [-0.4, -0.2) is 40.3 Å². The molecule has 6 heteroatoms. The summed E-state index contributed by atoms with van der Waals surface area (Å²) in [6.07, 6.45) is 4.23. The maximum absolute atomic E-state index is 13.5. The van der Waals surface area contributed by atoms with Crippen LogP contribution in [0.3, 0.4) is 0 Å². The Morgan fingerprint density at radius 1 is 0.879 bits per heavy atom. The maximum Gasteiger partial charge on any atom is 0.278 e. The molecule has 3 aromatic rings. The van der Waals surface area contributed by atoms with E-state index in [9.17, 15) is 9.59 Å². The second-order valence-corrected chi connectivity index (χ2v) is 7.99. The molecule has 0 saturated heterocycles. The lowest BCUT2D eigenvalue weighted by Gasteiger charge is -2.21. The largest absolute Gasteiger partial charge is 0.494 e. The van der Waals surface area contributed by atoms with E-state index in [4.69, 9.17) is 4.74 Å². The van der Waals surface area contributed by atoms with E-state index in [1.165, 1.54) is 4.90 Å². The Labute approximate surface area is 194 Å². The van der Waals surface area contributed by atoms with E-state index < -0.39 is 0 Å². The lowest BCUT2D eigenvalue weighted by Crippen LogP contribution is -2.33. The number of carbonyl (C=O) groups excluding carboxylic acids is 2. The summed E-state index contributed by atoms with van der Waals surface area (Å²) in [6.45, 7) is 3.39. The van der Waals surface area contributed by atoms with Crippen LogP contribution in [-0.2, 0) is 22.7 Å². The summed E-state index contributed by atoms with van der Waals surface area (Å²) in [6, 6.07) is 20.9. The number of imide groups is 1. The van der Waals surface area contributed by atoms with Gasteiger partial charge < -0.3 is 9.64 Å². The zero-order valence-corrected chi connectivity index (χ0v) is 18.9. The second kappa shape index (κ2) is 10.1. The minimum atomic E-state index is -0.297. The van der Waals surface area contributed by atoms with Crippen LogP contribution < -0.4 is 4.74 Å². The number of nitrogens with zero attached hydrogens (tertiary/aromatic N) is 3. The third-order valence-corrected chi connectivity index (χ3v) is 5.49. The molecule has 0 fully saturated rings. The van der Waals surface area contributed by atoms with Gasteiger partial charge in [0.1, 0.15) is 11.4 Å². The van der Waals surface area contributed by atoms with Gasteiger partial charge in [-0.1, -0.05) is 49.4 Å². The van der Waals surface area contributed by atoms with E-state index in [0.717, 1.165) is 23.3 Å². The zero-order valence-electron chi connectivity index (χ0n) is 18.9. The predicted molar refractivity (Wildman–Crippen MR) is 127 cm³/mol. The Morgan fingerprint density at radius 3 is 2.24 bits per heavy atom. The summed E-state index contributed by atoms with van der Waals surface area (Å²) in [5.74, 6) is 0.149. The van der Waals surface area contributed by atoms with Crippen LogP contribution in [0.2, 0.25) is 0 Å². The minimum Gasteiger partial charge on any atom is -0.494 e. The molecule has 4 rings (SSSR count). The summed E-state index contributed by atoms with van der Waals surface area (Å²) in [7, 11) is 1.85. The van der Waals surface area contributed by atoms with Crippen molar-refractivity contribution in [1.82, 2.24) is 14.8 Å². The number of carbonyl (C=O) groups is 2. The van der Waals surface area contributed by atoms with Crippen LogP contribution in [0.1, 0.15) is 30.0 Å². The van der Waals surface area contributed by atoms with Crippen molar-refractivity contribution < 1.29 is 14.3 Å². The first-order chi connectivity index (χ1) is 16.1. The lowest BCUT2D eigenvalue weighted by molar-refractivity contribution is -0.138. The summed E-state index contributed by atoms with van der Waals surface area (Å²) < 4.78 is 5.68. The van der Waals surface area contributed by atoms with E-state index in [-0.39, 0.29) is 18.4 Å². The predicted octanol–water partition coefficient (Wildman–Crippen LogP) is 4.28. The van der Waals surface area contributed by atoms with Crippen molar-refractivity contribution in [1.29, 1.82) is 0 Å². The number of hydrogen-bond donors (Lipinski definition) is 0. The van der Waals surface area contributed by atoms with Gasteiger partial charge in [-0.15, -0.1) is 0 Å². The fourth-order valence-corrected chi connectivity index (χ4v) is 3.87. The Balaban J connectivity index is 1.69. The van der Waals surface area contributed by atoms with Gasteiger partial charge in [-0.2, -0.15) is 0 Å². The highest BCUT2D eigenvalue weighted by Crippen LogP contribution is 2.33. The normalized spacial score (nSPS) is 13.6. The molecule has 0 radical (unpaired) electrons. The van der Waals surface area contributed by atoms with E-state index >= 15 is 0 Å². The average molecular weight is 442 g/mol. The SMILES string of the molecule is CCCOc1ccc(C2=C(N(C)Cc3ccccc3)C(=O)N(Cc3ccncc3)C2=O)cc1. The highest BCUT2D eigenvalue weighted by Gasteiger charge is 2.40. The molecule has 1 aliphatic rings. The third kappa shape index (κ3) is 4.95. The molecule has 0 unspecified atom stereocenters. The van der Waals surface area contributed by atoms with Gasteiger partial charge in [0.25, 0.3) is 11.8 Å². The number of aromatic nitrogens is 1. The van der Waals surface area contributed by atoms with Crippen LogP contribution >= 0.6 is 0 Å². The van der Waals surface area contributed by atoms with Crippen molar-refractivity contribution in [3.05, 3.63) is 102 Å². The topological polar surface area (TPSA) is 62.7 Å². The standard InChI is InChI=1S/C27H27N3O3/c1-3-17-33-23-11-9-22(10-12-23)24-25(29(2)18-20-7-5-4-6-8-20)27(32)30(26(24)31)19-21-13-15-28-16-14-21/h4-16H,3,17-19H2,1-2H3. The summed E-state index contributed by atoms with van der Waals surface area (Å²) in [4.78, 5) is 34.2. The molecular formula is C27H27N3O3. The van der Waals surface area contributed by atoms with Crippen LogP contribution in [0.25, 0.3) is 5.57 Å². The third-order valence-electron chi connectivity index (χ3n) is 5.49. The number of rotatable bonds is 9. The maximum atomic E-state index is 13.5. The fourth-order valence-electron chi connectivity index (χ4n) is 3.87. The van der Waals surface area contributed by atoms with Crippen molar-refractivity contribution in [2.45, 2.75) is 26.4 Å². The Kier molecular flexibility index (Phi) is 6.83. The molecule has 2 amide bonds. The Bertz CT molecular complexity index is 1140. The van der Waals surface area contributed by atoms with Gasteiger partial charge in [0, 0.05) is 26.0 Å². The summed E-state index contributed by atoms with van der Waals surface area (Å²) in [5, 5.41) is 0. The van der Waals surface area contributed by atoms with Crippen LogP contribution in [0.5, 0.6) is 5.75 Å². The van der Waals surface area contributed by atoms with E-state index in [2.05, 4.69) is 4.98 Å². The number of likely N-dealkylation sites (N-methyl/N-ethyl adjacent to an activating group) is 1. The molecule has 0 bridgehead atoms. The molecule has 0 spiro atoms. The first kappa shape index (κ1) is 22.3. The highest BCUT2D eigenvalue weighted by atomic mass is 16.5. The van der Waals surface area contributed by atoms with Gasteiger partial charge in [-0.25, -0.2) is 0 Å². The number of pyridine rings is 1. The molecule has 1 aliphatic heterocycles. The van der Waals surface area contributed by atoms with Gasteiger partial charge in [-0.3, -0.25) is 19.5 Å². The summed E-state index contributed by atoms with van der Waals surface area (Å²) in [5.41, 5.74) is 3.42. The van der Waals surface area contributed by atoms with Crippen molar-refractivity contribution in [2.75, 3.05) is 13.7 Å². The van der Waals surface area contributed by atoms with Crippen LogP contribution in [0.4, 0.5) is 0 Å². The molecule has 168 valence electrons. The van der Waals surface area contributed by atoms with Gasteiger partial charge in [-0.05, 0) is 47.4 Å². The van der Waals surface area contributed by atoms with Crippen LogP contribution in [0.15, 0.2) is 84.8 Å². The minimum absolute atomic E-state index is 0.198. The molecule has 2 aromatic carbocycles. The smallest absolute Gasteiger partial charge is 0.278 e. The summed E-state index contributed by atoms with van der Waals surface area (Å²) >= 11 is 0. The first-order valence-electron chi connectivity index (χ1n) is 11.1. The molecule has 6 nitrogen and oxygen atoms in total. The molecule has 0 saturated carbocycles. The first-order valence-corrected chi connectivity index (χ1v) is 11.1. The zero-order chi connectivity index (χ0) is 23.2. The molecule has 1 aromatic heterocycles. The molecule has 2 heterocycles. The molecule has 33 heavy (non-hydrogen) atoms. The number of amides is 2. The van der Waals surface area contributed by atoms with Crippen molar-refractivity contribution >= 4 is 17.4 Å². The van der Waals surface area contributed by atoms with E-state index in [1.54, 1.807) is 12.4 Å². The van der Waals surface area contributed by atoms with Gasteiger partial charge >= 0.3 is 0 Å². The van der Waals surface area contributed by atoms with Gasteiger partial charge in [0.15, 0.2) is 0 Å². The molecular weight excluding hydrogens is 414 g/mol. The van der Waals surface area contributed by atoms with Gasteiger partial charge in [0.05, 0.1) is 18.7 Å². The van der Waals surface area contributed by atoms with Crippen molar-refractivity contribution in [3.63, 3.8) is 0 Å². The lowest BCUT2D eigenvalue weighted by atomic mass is 10.0. The average Bonchev–Trinajstić information content (AvgIpc) is 3.09. The monoisotopic (exact) mass is 441 g/mol. The number of ether oxygens (including phenoxy) is 1. The van der Waals surface area contributed by atoms with Crippen molar-refractivity contribution in [2.24, 2.45) is 0 Å². The Hall–Kier alpha value is -3.93.